The van der Waals surface area contributed by atoms with E-state index in [0.29, 0.717) is 18.3 Å². The van der Waals surface area contributed by atoms with E-state index in [9.17, 15) is 4.39 Å². The van der Waals surface area contributed by atoms with Crippen LogP contribution in [0.25, 0.3) is 11.3 Å². The second-order valence-corrected chi connectivity index (χ2v) is 6.87. The second kappa shape index (κ2) is 7.73. The zero-order valence-electron chi connectivity index (χ0n) is 15.3. The summed E-state index contributed by atoms with van der Waals surface area (Å²) >= 11 is 0. The number of aryl methyl sites for hydroxylation is 1. The first-order valence-electron chi connectivity index (χ1n) is 9.13. The minimum atomic E-state index is -0.279. The maximum absolute atomic E-state index is 13.3. The van der Waals surface area contributed by atoms with Gasteiger partial charge < -0.3 is 9.64 Å². The Kier molecular flexibility index (Phi) is 5.00. The summed E-state index contributed by atoms with van der Waals surface area (Å²) in [6.07, 6.45) is 7.67. The van der Waals surface area contributed by atoms with Crippen molar-refractivity contribution in [3.63, 3.8) is 0 Å². The van der Waals surface area contributed by atoms with E-state index in [-0.39, 0.29) is 5.82 Å². The van der Waals surface area contributed by atoms with Gasteiger partial charge in [0.15, 0.2) is 0 Å². The quantitative estimate of drug-likeness (QED) is 0.692. The molecule has 6 nitrogen and oxygen atoms in total. The van der Waals surface area contributed by atoms with Crippen molar-refractivity contribution in [2.75, 3.05) is 24.6 Å². The molecule has 0 aliphatic carbocycles. The highest BCUT2D eigenvalue weighted by molar-refractivity contribution is 5.58. The molecule has 1 aromatic carbocycles. The maximum atomic E-state index is 13.3. The van der Waals surface area contributed by atoms with Crippen LogP contribution >= 0.6 is 0 Å². The molecule has 1 aliphatic heterocycles. The standard InChI is InChI=1S/C20H22FN5O/c1-25-13-16(11-23-25)19-7-8-22-20(24-19)26-9-3-4-15(12-26)14-27-18-6-2-5-17(21)10-18/h2,5-8,10-11,13,15H,3-4,9,12,14H2,1H3. The molecule has 0 amide bonds. The van der Waals surface area contributed by atoms with Crippen molar-refractivity contribution in [1.82, 2.24) is 19.7 Å². The minimum Gasteiger partial charge on any atom is -0.493 e. The summed E-state index contributed by atoms with van der Waals surface area (Å²) < 4.78 is 20.8. The van der Waals surface area contributed by atoms with Gasteiger partial charge in [-0.3, -0.25) is 4.68 Å². The van der Waals surface area contributed by atoms with Gasteiger partial charge in [0.2, 0.25) is 5.95 Å². The summed E-state index contributed by atoms with van der Waals surface area (Å²) in [6.45, 7) is 2.31. The molecule has 1 atom stereocenters. The van der Waals surface area contributed by atoms with Crippen LogP contribution in [-0.4, -0.2) is 39.4 Å². The van der Waals surface area contributed by atoms with E-state index in [0.717, 1.165) is 43.1 Å². The van der Waals surface area contributed by atoms with Gasteiger partial charge in [-0.2, -0.15) is 5.10 Å². The van der Waals surface area contributed by atoms with Gasteiger partial charge >= 0.3 is 0 Å². The van der Waals surface area contributed by atoms with E-state index in [1.165, 1.54) is 12.1 Å². The van der Waals surface area contributed by atoms with Gasteiger partial charge in [-0.15, -0.1) is 0 Å². The van der Waals surface area contributed by atoms with E-state index < -0.39 is 0 Å². The van der Waals surface area contributed by atoms with Crippen LogP contribution in [0.3, 0.4) is 0 Å². The van der Waals surface area contributed by atoms with Crippen LogP contribution in [0.4, 0.5) is 10.3 Å². The minimum absolute atomic E-state index is 0.279. The molecule has 0 radical (unpaired) electrons. The first kappa shape index (κ1) is 17.5. The topological polar surface area (TPSA) is 56.1 Å². The van der Waals surface area contributed by atoms with Gasteiger partial charge in [0.1, 0.15) is 11.6 Å². The van der Waals surface area contributed by atoms with Crippen LogP contribution < -0.4 is 9.64 Å². The molecule has 140 valence electrons. The lowest BCUT2D eigenvalue weighted by molar-refractivity contribution is 0.227. The first-order valence-corrected chi connectivity index (χ1v) is 9.13. The van der Waals surface area contributed by atoms with Crippen molar-refractivity contribution >= 4 is 5.95 Å². The van der Waals surface area contributed by atoms with Gasteiger partial charge in [0.25, 0.3) is 0 Å². The monoisotopic (exact) mass is 367 g/mol. The van der Waals surface area contributed by atoms with Gasteiger partial charge in [-0.25, -0.2) is 14.4 Å². The molecule has 1 unspecified atom stereocenters. The molecule has 3 aromatic rings. The molecule has 0 spiro atoms. The summed E-state index contributed by atoms with van der Waals surface area (Å²) in [6, 6.07) is 8.18. The Bertz CT molecular complexity index is 913. The Labute approximate surface area is 157 Å². The lowest BCUT2D eigenvalue weighted by Crippen LogP contribution is -2.38. The molecule has 4 rings (SSSR count). The molecule has 3 heterocycles. The Morgan fingerprint density at radius 2 is 2.22 bits per heavy atom. The SMILES string of the molecule is Cn1cc(-c2ccnc(N3CCCC(COc4cccc(F)c4)C3)n2)cn1. The Morgan fingerprint density at radius 3 is 3.04 bits per heavy atom. The Hall–Kier alpha value is -2.96. The lowest BCUT2D eigenvalue weighted by atomic mass is 9.99. The van der Waals surface area contributed by atoms with Gasteiger partial charge in [0, 0.05) is 50.1 Å². The molecule has 2 aromatic heterocycles. The Morgan fingerprint density at radius 1 is 1.30 bits per heavy atom. The van der Waals surface area contributed by atoms with E-state index in [1.54, 1.807) is 29.2 Å². The molecule has 0 N–H and O–H groups in total. The normalized spacial score (nSPS) is 17.1. The second-order valence-electron chi connectivity index (χ2n) is 6.87. The molecule has 1 saturated heterocycles. The molecule has 27 heavy (non-hydrogen) atoms. The number of ether oxygens (including phenoxy) is 1. The van der Waals surface area contributed by atoms with Crippen LogP contribution in [0.15, 0.2) is 48.9 Å². The molecular weight excluding hydrogens is 345 g/mol. The number of anilines is 1. The number of nitrogens with zero attached hydrogens (tertiary/aromatic N) is 5. The molecule has 0 bridgehead atoms. The number of benzene rings is 1. The zero-order chi connectivity index (χ0) is 18.6. The average Bonchev–Trinajstić information content (AvgIpc) is 3.13. The van der Waals surface area contributed by atoms with Crippen molar-refractivity contribution in [3.05, 3.63) is 54.7 Å². The van der Waals surface area contributed by atoms with Gasteiger partial charge in [-0.1, -0.05) is 6.07 Å². The first-order chi connectivity index (χ1) is 13.2. The molecule has 7 heteroatoms. The summed E-state index contributed by atoms with van der Waals surface area (Å²) in [7, 11) is 1.89. The van der Waals surface area contributed by atoms with E-state index in [2.05, 4.69) is 15.0 Å². The van der Waals surface area contributed by atoms with Crippen LogP contribution in [-0.2, 0) is 7.05 Å². The predicted octanol–water partition coefficient (Wildman–Crippen LogP) is 3.31. The summed E-state index contributed by atoms with van der Waals surface area (Å²) in [5.41, 5.74) is 1.84. The van der Waals surface area contributed by atoms with Crippen molar-refractivity contribution in [2.24, 2.45) is 13.0 Å². The van der Waals surface area contributed by atoms with Crippen LogP contribution in [0.1, 0.15) is 12.8 Å². The van der Waals surface area contributed by atoms with Crippen molar-refractivity contribution < 1.29 is 9.13 Å². The fourth-order valence-corrected chi connectivity index (χ4v) is 3.37. The molecule has 1 aliphatic rings. The highest BCUT2D eigenvalue weighted by atomic mass is 19.1. The van der Waals surface area contributed by atoms with Crippen molar-refractivity contribution in [3.8, 4) is 17.0 Å². The third-order valence-electron chi connectivity index (χ3n) is 4.73. The summed E-state index contributed by atoms with van der Waals surface area (Å²) in [5.74, 6) is 1.37. The average molecular weight is 367 g/mol. The smallest absolute Gasteiger partial charge is 0.225 e. The van der Waals surface area contributed by atoms with E-state index in [1.807, 2.05) is 19.3 Å². The van der Waals surface area contributed by atoms with Crippen LogP contribution in [0.5, 0.6) is 5.75 Å². The number of rotatable bonds is 5. The number of piperidine rings is 1. The summed E-state index contributed by atoms with van der Waals surface area (Å²) in [5, 5.41) is 4.21. The van der Waals surface area contributed by atoms with E-state index in [4.69, 9.17) is 9.72 Å². The van der Waals surface area contributed by atoms with Gasteiger partial charge in [-0.05, 0) is 31.0 Å². The third-order valence-corrected chi connectivity index (χ3v) is 4.73. The number of aromatic nitrogens is 4. The third kappa shape index (κ3) is 4.24. The fraction of sp³-hybridized carbons (Fsp3) is 0.350. The van der Waals surface area contributed by atoms with Gasteiger partial charge in [0.05, 0.1) is 18.5 Å². The van der Waals surface area contributed by atoms with Crippen molar-refractivity contribution in [1.29, 1.82) is 0 Å². The number of halogens is 1. The number of hydrogen-bond acceptors (Lipinski definition) is 5. The maximum Gasteiger partial charge on any atom is 0.225 e. The summed E-state index contributed by atoms with van der Waals surface area (Å²) in [4.78, 5) is 11.4. The number of hydrogen-bond donors (Lipinski definition) is 0. The van der Waals surface area contributed by atoms with Crippen LogP contribution in [0, 0.1) is 11.7 Å². The lowest BCUT2D eigenvalue weighted by Gasteiger charge is -2.32. The molecule has 0 saturated carbocycles. The highest BCUT2D eigenvalue weighted by Gasteiger charge is 2.23. The Balaban J connectivity index is 1.42. The molecular formula is C20H22FN5O. The largest absolute Gasteiger partial charge is 0.493 e. The van der Waals surface area contributed by atoms with Crippen LogP contribution in [0.2, 0.25) is 0 Å². The van der Waals surface area contributed by atoms with E-state index >= 15 is 0 Å². The zero-order valence-corrected chi connectivity index (χ0v) is 15.3. The predicted molar refractivity (Wildman–Crippen MR) is 101 cm³/mol. The van der Waals surface area contributed by atoms with Crippen molar-refractivity contribution in [2.45, 2.75) is 12.8 Å². The highest BCUT2D eigenvalue weighted by Crippen LogP contribution is 2.24. The fourth-order valence-electron chi connectivity index (χ4n) is 3.37. The molecule has 1 fully saturated rings.